The average Bonchev–Trinajstić information content (AvgIpc) is 1.61. The topological polar surface area (TPSA) is 0 Å². The lowest BCUT2D eigenvalue weighted by Crippen LogP contribution is -1.66. The molecule has 0 heteroatoms. The largest absolute Gasteiger partial charge is 0.0683 e. The van der Waals surface area contributed by atoms with Crippen LogP contribution in [0.15, 0.2) is 0 Å². The fourth-order valence-corrected chi connectivity index (χ4v) is 0.427. The summed E-state index contributed by atoms with van der Waals surface area (Å²) in [4.78, 5) is 0. The summed E-state index contributed by atoms with van der Waals surface area (Å²) in [6.45, 7) is 5.93. The van der Waals surface area contributed by atoms with Crippen LogP contribution in [0.5, 0.6) is 0 Å². The van der Waals surface area contributed by atoms with Crippen LogP contribution in [0, 0.1) is 14.4 Å². The summed E-state index contributed by atoms with van der Waals surface area (Å²) in [6, 6.07) is 0. The fourth-order valence-electron chi connectivity index (χ4n) is 0.427. The van der Waals surface area contributed by atoms with Crippen molar-refractivity contribution >= 4 is 0 Å². The van der Waals surface area contributed by atoms with E-state index in [0.29, 0.717) is 0 Å². The Morgan fingerprint density at radius 1 is 1.29 bits per heavy atom. The van der Waals surface area contributed by atoms with Crippen LogP contribution in [0.1, 0.15) is 32.6 Å². The van der Waals surface area contributed by atoms with Gasteiger partial charge < -0.3 is 0 Å². The molecule has 0 aromatic rings. The van der Waals surface area contributed by atoms with Crippen molar-refractivity contribution in [3.8, 4) is 0 Å². The third-order valence-corrected chi connectivity index (χ3v) is 0.854. The van der Waals surface area contributed by atoms with E-state index in [1.807, 2.05) is 0 Å². The summed E-state index contributed by atoms with van der Waals surface area (Å²) >= 11 is 0. The van der Waals surface area contributed by atoms with E-state index >= 15 is 0 Å². The molecule has 0 rings (SSSR count). The first-order valence-electron chi connectivity index (χ1n) is 2.71. The van der Waals surface area contributed by atoms with Gasteiger partial charge in [0.05, 0.1) is 0 Å². The molecule has 0 unspecified atom stereocenters. The van der Waals surface area contributed by atoms with Crippen molar-refractivity contribution in [2.75, 3.05) is 0 Å². The van der Waals surface area contributed by atoms with Gasteiger partial charge in [0.1, 0.15) is 0 Å². The molecule has 0 aliphatic carbocycles. The smallest absolute Gasteiger partial charge is 0.0533 e. The second kappa shape index (κ2) is 9.38. The van der Waals surface area contributed by atoms with Gasteiger partial charge in [-0.1, -0.05) is 47.0 Å². The maximum absolute atomic E-state index is 3.72. The Hall–Kier alpha value is 0. The predicted molar refractivity (Wildman–Crippen MR) is 35.9 cm³/mol. The number of rotatable bonds is 3. The van der Waals surface area contributed by atoms with Gasteiger partial charge in [0.25, 0.3) is 0 Å². The Balaban J connectivity index is 0. The molecule has 0 bridgehead atoms. The fraction of sp³-hybridized carbons (Fsp3) is 0.714. The molecule has 0 heterocycles. The molecule has 0 aliphatic rings. The van der Waals surface area contributed by atoms with Crippen molar-refractivity contribution in [2.45, 2.75) is 32.6 Å². The highest BCUT2D eigenvalue weighted by molar-refractivity contribution is 4.38. The first-order valence-corrected chi connectivity index (χ1v) is 2.71. The third kappa shape index (κ3) is 10.7. The molecule has 2 radical (unpaired) electrons. The third-order valence-electron chi connectivity index (χ3n) is 0.854. The lowest BCUT2D eigenvalue weighted by Gasteiger charge is -1.86. The quantitative estimate of drug-likeness (QED) is 0.478. The maximum Gasteiger partial charge on any atom is -0.0533 e. The minimum absolute atomic E-state index is 0. The van der Waals surface area contributed by atoms with E-state index in [2.05, 4.69) is 13.8 Å². The number of hydrogen-bond donors (Lipinski definition) is 0. The summed E-state index contributed by atoms with van der Waals surface area (Å²) in [5.41, 5.74) is 0. The first kappa shape index (κ1) is 10.1. The Morgan fingerprint density at radius 2 is 1.86 bits per heavy atom. The van der Waals surface area contributed by atoms with Gasteiger partial charge in [-0.15, -0.1) is 0 Å². The van der Waals surface area contributed by atoms with Gasteiger partial charge in [0.15, 0.2) is 0 Å². The van der Waals surface area contributed by atoms with Crippen LogP contribution in [0.2, 0.25) is 0 Å². The van der Waals surface area contributed by atoms with Gasteiger partial charge in [-0.05, 0) is 0 Å². The van der Waals surface area contributed by atoms with Crippen LogP contribution >= 0.6 is 0 Å². The molecule has 0 nitrogen and oxygen atoms in total. The lowest BCUT2D eigenvalue weighted by atomic mass is 10.2. The summed E-state index contributed by atoms with van der Waals surface area (Å²) in [5, 5.41) is 0. The lowest BCUT2D eigenvalue weighted by molar-refractivity contribution is 0.728. The summed E-state index contributed by atoms with van der Waals surface area (Å²) in [5.74, 6) is 0. The molecular weight excluding hydrogens is 84.1 g/mol. The molecular formula is C7H16. The van der Waals surface area contributed by atoms with Crippen molar-refractivity contribution in [1.82, 2.24) is 0 Å². The van der Waals surface area contributed by atoms with Gasteiger partial charge in [0.2, 0.25) is 0 Å². The molecule has 0 saturated heterocycles. The highest BCUT2D eigenvalue weighted by Crippen LogP contribution is 1.95. The molecule has 0 atom stereocenters. The van der Waals surface area contributed by atoms with E-state index < -0.39 is 0 Å². The molecule has 0 aliphatic heterocycles. The zero-order chi connectivity index (χ0) is 4.83. The van der Waals surface area contributed by atoms with Crippen LogP contribution in [0.4, 0.5) is 0 Å². The highest BCUT2D eigenvalue weighted by atomic mass is 13.8. The molecule has 0 N–H and O–H groups in total. The monoisotopic (exact) mass is 100 g/mol. The van der Waals surface area contributed by atoms with E-state index in [9.17, 15) is 0 Å². The van der Waals surface area contributed by atoms with E-state index in [1.54, 1.807) is 0 Å². The van der Waals surface area contributed by atoms with Gasteiger partial charge in [-0.25, -0.2) is 0 Å². The first-order chi connectivity index (χ1) is 2.91. The van der Waals surface area contributed by atoms with E-state index in [-0.39, 0.29) is 7.43 Å². The minimum Gasteiger partial charge on any atom is -0.0683 e. The van der Waals surface area contributed by atoms with Crippen molar-refractivity contribution in [2.24, 2.45) is 0 Å². The molecule has 7 heavy (non-hydrogen) atoms. The summed E-state index contributed by atoms with van der Waals surface area (Å²) in [7, 11) is 0. The van der Waals surface area contributed by atoms with Gasteiger partial charge in [0, 0.05) is 0 Å². The predicted octanol–water partition coefficient (Wildman–Crippen LogP) is 2.85. The number of hydrogen-bond acceptors (Lipinski definition) is 0. The minimum atomic E-state index is 0. The molecule has 0 fully saturated rings. The Labute approximate surface area is 47.9 Å². The van der Waals surface area contributed by atoms with Crippen molar-refractivity contribution < 1.29 is 0 Å². The summed E-state index contributed by atoms with van der Waals surface area (Å²) in [6.07, 6.45) is 5.07. The standard InChI is InChI=1S/C6H13.CH3/c1-3-5-6-4-2;/h1,3-6H2,2H3;1H3. The van der Waals surface area contributed by atoms with Crippen molar-refractivity contribution in [3.63, 3.8) is 0 Å². The zero-order valence-electron chi connectivity index (χ0n) is 5.54. The van der Waals surface area contributed by atoms with Crippen LogP contribution in [0.25, 0.3) is 0 Å². The molecule has 0 amide bonds. The van der Waals surface area contributed by atoms with E-state index in [4.69, 9.17) is 0 Å². The van der Waals surface area contributed by atoms with Crippen molar-refractivity contribution in [3.05, 3.63) is 14.4 Å². The van der Waals surface area contributed by atoms with Crippen molar-refractivity contribution in [1.29, 1.82) is 0 Å². The molecule has 0 spiro atoms. The SMILES string of the molecule is [CH2]CCCCC.[CH3]. The van der Waals surface area contributed by atoms with Gasteiger partial charge >= 0.3 is 0 Å². The van der Waals surface area contributed by atoms with Crippen LogP contribution in [0.3, 0.4) is 0 Å². The molecule has 44 valence electrons. The Morgan fingerprint density at radius 3 is 2.00 bits per heavy atom. The molecule has 0 aromatic heterocycles. The van der Waals surface area contributed by atoms with Crippen LogP contribution in [-0.2, 0) is 0 Å². The van der Waals surface area contributed by atoms with Crippen LogP contribution in [-0.4, -0.2) is 0 Å². The second-order valence-electron chi connectivity index (χ2n) is 1.56. The second-order valence-corrected chi connectivity index (χ2v) is 1.56. The Bertz CT molecular complexity index is 12.0. The van der Waals surface area contributed by atoms with Gasteiger partial charge in [-0.2, -0.15) is 0 Å². The van der Waals surface area contributed by atoms with Crippen LogP contribution < -0.4 is 0 Å². The van der Waals surface area contributed by atoms with E-state index in [0.717, 1.165) is 6.42 Å². The summed E-state index contributed by atoms with van der Waals surface area (Å²) < 4.78 is 0. The number of unbranched alkanes of at least 4 members (excludes halogenated alkanes) is 3. The Kier molecular flexibility index (Phi) is 13.5. The molecule has 0 aromatic carbocycles. The van der Waals surface area contributed by atoms with Gasteiger partial charge in [-0.3, -0.25) is 0 Å². The van der Waals surface area contributed by atoms with E-state index in [1.165, 1.54) is 19.3 Å². The molecule has 0 saturated carbocycles. The average molecular weight is 100 g/mol. The maximum atomic E-state index is 3.72. The normalized spacial score (nSPS) is 7.71. The zero-order valence-corrected chi connectivity index (χ0v) is 5.54. The highest BCUT2D eigenvalue weighted by Gasteiger charge is 1.75.